The Hall–Kier alpha value is -1.72. The Morgan fingerprint density at radius 2 is 2.17 bits per heavy atom. The molecule has 0 aromatic carbocycles. The summed E-state index contributed by atoms with van der Waals surface area (Å²) in [6.07, 6.45) is 4.84. The van der Waals surface area contributed by atoms with E-state index in [1.54, 1.807) is 0 Å². The number of rotatable bonds is 6. The van der Waals surface area contributed by atoms with Gasteiger partial charge in [-0.05, 0) is 37.0 Å². The molecule has 0 spiro atoms. The van der Waals surface area contributed by atoms with Crippen molar-refractivity contribution in [1.82, 2.24) is 19.7 Å². The first-order valence-corrected chi connectivity index (χ1v) is 8.86. The van der Waals surface area contributed by atoms with Crippen LogP contribution in [0, 0.1) is 12.8 Å². The van der Waals surface area contributed by atoms with Gasteiger partial charge < -0.3 is 4.74 Å². The lowest BCUT2D eigenvalue weighted by Gasteiger charge is -2.29. The van der Waals surface area contributed by atoms with Crippen LogP contribution >= 0.6 is 0 Å². The molecule has 130 valence electrons. The van der Waals surface area contributed by atoms with Gasteiger partial charge >= 0.3 is 0 Å². The molecule has 0 N–H and O–H groups in total. The molecule has 1 aliphatic heterocycles. The fraction of sp³-hybridized carbons (Fsp3) is 0.579. The second-order valence-corrected chi connectivity index (χ2v) is 7.09. The lowest BCUT2D eigenvalue weighted by molar-refractivity contribution is 0.0376. The summed E-state index contributed by atoms with van der Waals surface area (Å²) in [6.45, 7) is 10.8. The van der Waals surface area contributed by atoms with Gasteiger partial charge in [0.2, 0.25) is 0 Å². The molecule has 0 fully saturated rings. The van der Waals surface area contributed by atoms with Crippen LogP contribution in [0.3, 0.4) is 0 Å². The minimum Gasteiger partial charge on any atom is -0.380 e. The maximum absolute atomic E-state index is 5.97. The second-order valence-electron chi connectivity index (χ2n) is 7.09. The molecule has 3 rings (SSSR count). The van der Waals surface area contributed by atoms with E-state index in [-0.39, 0.29) is 0 Å². The summed E-state index contributed by atoms with van der Waals surface area (Å²) < 4.78 is 8.10. The Bertz CT molecular complexity index is 652. The lowest BCUT2D eigenvalue weighted by atomic mass is 10.1. The number of hydrogen-bond acceptors (Lipinski definition) is 4. The molecule has 5 heteroatoms. The Kier molecular flexibility index (Phi) is 5.63. The average Bonchev–Trinajstić information content (AvgIpc) is 2.92. The van der Waals surface area contributed by atoms with Gasteiger partial charge in [-0.15, -0.1) is 0 Å². The van der Waals surface area contributed by atoms with Gasteiger partial charge in [-0.3, -0.25) is 14.6 Å². The summed E-state index contributed by atoms with van der Waals surface area (Å²) in [5.74, 6) is 0.567. The highest BCUT2D eigenvalue weighted by Gasteiger charge is 2.25. The number of hydrogen-bond donors (Lipinski definition) is 0. The van der Waals surface area contributed by atoms with E-state index >= 15 is 0 Å². The van der Waals surface area contributed by atoms with Crippen molar-refractivity contribution in [2.45, 2.75) is 52.9 Å². The van der Waals surface area contributed by atoms with Gasteiger partial charge in [-0.25, -0.2) is 0 Å². The van der Waals surface area contributed by atoms with Crippen molar-refractivity contribution in [1.29, 1.82) is 0 Å². The van der Waals surface area contributed by atoms with Crippen molar-refractivity contribution in [2.75, 3.05) is 13.2 Å². The van der Waals surface area contributed by atoms with E-state index in [0.717, 1.165) is 45.0 Å². The van der Waals surface area contributed by atoms with Crippen molar-refractivity contribution < 1.29 is 4.74 Å². The quantitative estimate of drug-likeness (QED) is 0.817. The smallest absolute Gasteiger partial charge is 0.0622 e. The Labute approximate surface area is 144 Å². The van der Waals surface area contributed by atoms with Crippen LogP contribution < -0.4 is 0 Å². The van der Waals surface area contributed by atoms with Crippen molar-refractivity contribution in [3.8, 4) is 0 Å². The summed E-state index contributed by atoms with van der Waals surface area (Å²) in [5.41, 5.74) is 3.67. The van der Waals surface area contributed by atoms with Crippen molar-refractivity contribution >= 4 is 0 Å². The SMILES string of the molecule is Cc1cccnc1CN1Cc2ccnn2CC[C@H]1COCC(C)C. The fourth-order valence-electron chi connectivity index (χ4n) is 3.18. The van der Waals surface area contributed by atoms with Crippen LogP contribution in [0.25, 0.3) is 0 Å². The number of aromatic nitrogens is 3. The molecule has 5 nitrogen and oxygen atoms in total. The fourth-order valence-corrected chi connectivity index (χ4v) is 3.18. The van der Waals surface area contributed by atoms with E-state index in [4.69, 9.17) is 4.74 Å². The summed E-state index contributed by atoms with van der Waals surface area (Å²) in [6, 6.07) is 6.65. The van der Waals surface area contributed by atoms with E-state index < -0.39 is 0 Å². The summed E-state index contributed by atoms with van der Waals surface area (Å²) in [4.78, 5) is 7.08. The molecule has 3 heterocycles. The molecule has 1 atom stereocenters. The first kappa shape index (κ1) is 17.1. The Morgan fingerprint density at radius 3 is 2.96 bits per heavy atom. The molecule has 0 saturated heterocycles. The minimum atomic E-state index is 0.395. The number of aryl methyl sites for hydroxylation is 2. The number of pyridine rings is 1. The Balaban J connectivity index is 1.75. The second kappa shape index (κ2) is 7.90. The van der Waals surface area contributed by atoms with E-state index in [0.29, 0.717) is 12.0 Å². The van der Waals surface area contributed by atoms with Crippen LogP contribution in [0.2, 0.25) is 0 Å². The standard InChI is InChI=1S/C19H28N4O/c1-15(2)13-24-14-18-7-10-23-17(6-9-21-23)11-22(18)12-19-16(3)5-4-8-20-19/h4-6,8-9,15,18H,7,10-14H2,1-3H3/t18-/m0/s1. The van der Waals surface area contributed by atoms with Gasteiger partial charge in [-0.1, -0.05) is 19.9 Å². The highest BCUT2D eigenvalue weighted by molar-refractivity contribution is 5.18. The molecule has 0 saturated carbocycles. The predicted molar refractivity (Wildman–Crippen MR) is 94.5 cm³/mol. The monoisotopic (exact) mass is 328 g/mol. The van der Waals surface area contributed by atoms with Gasteiger partial charge in [0.25, 0.3) is 0 Å². The largest absolute Gasteiger partial charge is 0.380 e. The van der Waals surface area contributed by atoms with E-state index in [2.05, 4.69) is 52.6 Å². The maximum Gasteiger partial charge on any atom is 0.0622 e. The van der Waals surface area contributed by atoms with Crippen LogP contribution in [0.1, 0.15) is 37.2 Å². The van der Waals surface area contributed by atoms with Crippen LogP contribution in [-0.2, 0) is 24.4 Å². The molecule has 0 bridgehead atoms. The van der Waals surface area contributed by atoms with Gasteiger partial charge in [0.15, 0.2) is 0 Å². The third-order valence-electron chi connectivity index (χ3n) is 4.59. The number of ether oxygens (including phenoxy) is 1. The highest BCUT2D eigenvalue weighted by Crippen LogP contribution is 2.21. The first-order valence-electron chi connectivity index (χ1n) is 8.86. The molecule has 0 radical (unpaired) electrons. The lowest BCUT2D eigenvalue weighted by Crippen LogP contribution is -2.37. The minimum absolute atomic E-state index is 0.395. The molecule has 2 aromatic heterocycles. The third-order valence-corrected chi connectivity index (χ3v) is 4.59. The van der Waals surface area contributed by atoms with Crippen LogP contribution in [0.4, 0.5) is 0 Å². The maximum atomic E-state index is 5.97. The molecule has 2 aromatic rings. The molecule has 0 aliphatic carbocycles. The van der Waals surface area contributed by atoms with Crippen LogP contribution in [0.5, 0.6) is 0 Å². The normalized spacial score (nSPS) is 18.6. The zero-order chi connectivity index (χ0) is 16.9. The van der Waals surface area contributed by atoms with Gasteiger partial charge in [0.05, 0.1) is 18.0 Å². The zero-order valence-electron chi connectivity index (χ0n) is 15.0. The number of fused-ring (bicyclic) bond motifs is 1. The third kappa shape index (κ3) is 4.22. The average molecular weight is 328 g/mol. The van der Waals surface area contributed by atoms with E-state index in [1.807, 2.05) is 18.5 Å². The number of nitrogens with zero attached hydrogens (tertiary/aromatic N) is 4. The molecule has 0 unspecified atom stereocenters. The summed E-state index contributed by atoms with van der Waals surface area (Å²) in [5, 5.41) is 4.45. The molecule has 24 heavy (non-hydrogen) atoms. The van der Waals surface area contributed by atoms with E-state index in [1.165, 1.54) is 11.3 Å². The zero-order valence-corrected chi connectivity index (χ0v) is 15.0. The molecule has 0 amide bonds. The van der Waals surface area contributed by atoms with Crippen LogP contribution in [0.15, 0.2) is 30.6 Å². The van der Waals surface area contributed by atoms with Gasteiger partial charge in [0, 0.05) is 44.7 Å². The first-order chi connectivity index (χ1) is 11.6. The molecular formula is C19H28N4O. The topological polar surface area (TPSA) is 43.2 Å². The predicted octanol–water partition coefficient (Wildman–Crippen LogP) is 3.03. The molecule has 1 aliphatic rings. The Morgan fingerprint density at radius 1 is 1.29 bits per heavy atom. The summed E-state index contributed by atoms with van der Waals surface area (Å²) in [7, 11) is 0. The van der Waals surface area contributed by atoms with Crippen LogP contribution in [-0.4, -0.2) is 38.9 Å². The van der Waals surface area contributed by atoms with Crippen molar-refractivity contribution in [2.24, 2.45) is 5.92 Å². The van der Waals surface area contributed by atoms with Gasteiger partial charge in [0.1, 0.15) is 0 Å². The molecular weight excluding hydrogens is 300 g/mol. The van der Waals surface area contributed by atoms with Crippen molar-refractivity contribution in [3.63, 3.8) is 0 Å². The van der Waals surface area contributed by atoms with Gasteiger partial charge in [-0.2, -0.15) is 5.10 Å². The highest BCUT2D eigenvalue weighted by atomic mass is 16.5. The van der Waals surface area contributed by atoms with Crippen molar-refractivity contribution in [3.05, 3.63) is 47.5 Å². The summed E-state index contributed by atoms with van der Waals surface area (Å²) >= 11 is 0. The van der Waals surface area contributed by atoms with E-state index in [9.17, 15) is 0 Å².